The Bertz CT molecular complexity index is 5070. The van der Waals surface area contributed by atoms with Gasteiger partial charge in [-0.1, -0.05) is 107 Å². The number of halogens is 2. The van der Waals surface area contributed by atoms with E-state index in [0.29, 0.717) is 13.0 Å². The second kappa shape index (κ2) is 40.3. The molecule has 688 valence electrons. The first-order valence-electron chi connectivity index (χ1n) is 41.9. The van der Waals surface area contributed by atoms with Gasteiger partial charge in [0.05, 0.1) is 59.1 Å². The number of rotatable bonds is 24. The fourth-order valence-corrected chi connectivity index (χ4v) is 16.9. The van der Waals surface area contributed by atoms with Gasteiger partial charge >= 0.3 is 5.97 Å². The SMILES string of the molecule is CCCCNCc1c(O)cc2c(c1O)-c1cc(ccc1O)[C@H]1NC(=O)[C@@H]3NC(=O)[C@H](CC(N)=O)NC(=O)[C@H](NC(=O)[C@@H](CC(C)C)NC)[C@H](O)c4ccc(c(Cl)c4)Oc4cc3cc(c4O[C@H]3O[C@@H](CO)[C@H](O)[C@@H](O)[C@@H]3O[C@H]3C[C@](C)(NCc4ccc(C(C)C)cc4)[C@H](O)[C@H](C)O3)Oc3ccc(cc3Cl)[C@@H](O[C@H]3C[C@](C)(N)[C@H](O)[C@H](C)O3)[C@H](NC1=O)C(=O)N[C@H]2C(=O)O. The maximum atomic E-state index is 16.7. The normalized spacial score (nSPS) is 29.6. The number of carboxylic acids is 1. The summed E-state index contributed by atoms with van der Waals surface area (Å²) < 4.78 is 53.1. The molecule has 0 unspecified atom stereocenters. The van der Waals surface area contributed by atoms with Crippen LogP contribution in [0.1, 0.15) is 182 Å². The van der Waals surface area contributed by atoms with E-state index >= 15 is 24.0 Å². The minimum atomic E-state index is -2.40. The van der Waals surface area contributed by atoms with Crippen LogP contribution in [0.2, 0.25) is 10.0 Å². The summed E-state index contributed by atoms with van der Waals surface area (Å²) in [5.41, 5.74) is 8.89. The molecule has 0 aliphatic carbocycles. The second-order valence-electron chi connectivity index (χ2n) is 34.2. The number of nitrogens with two attached hydrogens (primary N) is 2. The average molecular weight is 1810 g/mol. The van der Waals surface area contributed by atoms with Crippen LogP contribution in [0.3, 0.4) is 0 Å². The highest BCUT2D eigenvalue weighted by atomic mass is 35.5. The van der Waals surface area contributed by atoms with Crippen molar-refractivity contribution in [1.82, 2.24) is 47.9 Å². The van der Waals surface area contributed by atoms with Gasteiger partial charge in [-0.15, -0.1) is 0 Å². The van der Waals surface area contributed by atoms with E-state index in [1.54, 1.807) is 13.8 Å². The summed E-state index contributed by atoms with van der Waals surface area (Å²) in [6, 6.07) is 6.90. The van der Waals surface area contributed by atoms with Crippen LogP contribution in [0.5, 0.6) is 46.0 Å². The van der Waals surface area contributed by atoms with E-state index in [4.69, 9.17) is 72.6 Å². The fraction of sp³-hybridized carbons (Fsp3) is 0.500. The molecule has 0 radical (unpaired) electrons. The quantitative estimate of drug-likeness (QED) is 0.0378. The Hall–Kier alpha value is -10.1. The smallest absolute Gasteiger partial charge is 0.330 e. The molecule has 8 aliphatic rings. The van der Waals surface area contributed by atoms with E-state index in [1.165, 1.54) is 51.2 Å². The standard InChI is InChI=1S/C88H111Cl2N11O26/c1-11-12-23-94-35-49-55(104)30-48-64(71(49)107)47-25-43(17-20-54(47)103)65-81(114)101-69(84(117)99-67(48)85(118)119)74(125-62-32-87(8,92)77(110)39(6)120-62)45-19-22-57(51(90)27-45)123-59-29-46-28-58(75(59)127-86-76(73(109)72(108)60(36-102)124-86)126-63-33-88(9,78(111)40(7)121-63)95-34-41-13-15-42(16-14-41)38(4)5)122-56-21-18-44(26-50(56)89)70(106)68(100-79(112)52(93-10)24-37(2)3)83(116)96-53(31-61(91)105)80(113)97-66(46)82(115)98-65/h13-22,25-30,37-40,52-53,60,62-63,65-70,72-74,76-78,86,93-95,102-104,106-111H,11-12,23-24,31-36,92H2,1-10H3,(H2,91,105)(H,96,116)(H,97,113)(H,98,115)(H,99,117)(H,100,112)(H,101,114)(H,118,119)/t39-,40-,52+,53-,60-,62-,63-,65+,66+,67+,68+,69-,70+,72-,73+,74+,76-,77+,78+,86+,87-,88-/m0/s1. The molecular formula is C88H111Cl2N11O26. The molecule has 0 spiro atoms. The summed E-state index contributed by atoms with van der Waals surface area (Å²) >= 11 is 14.7. The second-order valence-corrected chi connectivity index (χ2v) is 35.0. The molecule has 8 heterocycles. The van der Waals surface area contributed by atoms with Crippen LogP contribution >= 0.6 is 23.2 Å². The van der Waals surface area contributed by atoms with Crippen molar-refractivity contribution < 1.29 is 127 Å². The van der Waals surface area contributed by atoms with E-state index < -0.39 is 261 Å². The van der Waals surface area contributed by atoms with Gasteiger partial charge in [0.25, 0.3) is 0 Å². The van der Waals surface area contributed by atoms with Crippen LogP contribution < -0.4 is 73.5 Å². The first kappa shape index (κ1) is 96.0. The van der Waals surface area contributed by atoms with Crippen molar-refractivity contribution in [2.24, 2.45) is 17.4 Å². The third kappa shape index (κ3) is 21.4. The number of aliphatic carboxylic acids is 1. The third-order valence-electron chi connectivity index (χ3n) is 23.7. The van der Waals surface area contributed by atoms with Gasteiger partial charge in [-0.05, 0) is 154 Å². The lowest BCUT2D eigenvalue weighted by molar-refractivity contribution is -0.334. The highest BCUT2D eigenvalue weighted by molar-refractivity contribution is 6.32. The number of amides is 7. The van der Waals surface area contributed by atoms with Gasteiger partial charge in [0.15, 0.2) is 36.2 Å². The Balaban J connectivity index is 1.11. The molecule has 0 aromatic heterocycles. The fourth-order valence-electron chi connectivity index (χ4n) is 16.5. The number of unbranched alkanes of at least 4 members (excludes halogenated alkanes) is 1. The van der Waals surface area contributed by atoms with E-state index in [0.717, 1.165) is 60.0 Å². The zero-order valence-corrected chi connectivity index (χ0v) is 72.9. The number of benzene rings is 6. The molecular weight excluding hydrogens is 1700 g/mol. The number of phenols is 3. The van der Waals surface area contributed by atoms with Crippen molar-refractivity contribution in [2.45, 2.75) is 253 Å². The molecule has 6 aromatic carbocycles. The first-order chi connectivity index (χ1) is 60.1. The van der Waals surface area contributed by atoms with Crippen molar-refractivity contribution in [3.05, 3.63) is 152 Å². The number of carbonyl (C=O) groups excluding carboxylic acids is 7. The lowest BCUT2D eigenvalue weighted by Crippen LogP contribution is -2.65. The number of carbonyl (C=O) groups is 8. The maximum absolute atomic E-state index is 16.7. The van der Waals surface area contributed by atoms with Crippen molar-refractivity contribution in [2.75, 3.05) is 20.2 Å². The molecule has 22 atom stereocenters. The molecule has 37 nitrogen and oxygen atoms in total. The maximum Gasteiger partial charge on any atom is 0.330 e. The van der Waals surface area contributed by atoms with E-state index in [1.807, 2.05) is 45.0 Å². The minimum Gasteiger partial charge on any atom is -0.507 e. The highest BCUT2D eigenvalue weighted by Crippen LogP contribution is 2.51. The summed E-state index contributed by atoms with van der Waals surface area (Å²) in [6.07, 6.45) is -21.4. The van der Waals surface area contributed by atoms with Gasteiger partial charge in [-0.2, -0.15) is 0 Å². The Kier molecular flexibility index (Phi) is 30.4. The molecule has 11 bridgehead atoms. The summed E-state index contributed by atoms with van der Waals surface area (Å²) in [4.78, 5) is 122. The molecule has 7 amide bonds. The largest absolute Gasteiger partial charge is 0.507 e. The van der Waals surface area contributed by atoms with E-state index in [9.17, 15) is 65.4 Å². The molecule has 6 aromatic rings. The summed E-state index contributed by atoms with van der Waals surface area (Å²) in [5, 5.41) is 143. The number of ether oxygens (including phenoxy) is 8. The Morgan fingerprint density at radius 2 is 1.28 bits per heavy atom. The Labute approximate surface area is 741 Å². The van der Waals surface area contributed by atoms with Gasteiger partial charge in [-0.3, -0.25) is 33.6 Å². The number of phenolic OH excluding ortho intramolecular Hbond substituents is 3. The number of aliphatic hydroxyl groups excluding tert-OH is 6. The number of fused-ring (bicyclic) bond motifs is 15. The Morgan fingerprint density at radius 1 is 0.669 bits per heavy atom. The molecule has 23 N–H and O–H groups in total. The van der Waals surface area contributed by atoms with Gasteiger partial charge in [-0.25, -0.2) is 4.79 Å². The number of hydrogen-bond donors (Lipinski definition) is 21. The van der Waals surface area contributed by atoms with Crippen LogP contribution in [0.25, 0.3) is 11.1 Å². The van der Waals surface area contributed by atoms with Gasteiger partial charge in [0, 0.05) is 53.7 Å². The van der Waals surface area contributed by atoms with Crippen molar-refractivity contribution in [3.8, 4) is 57.1 Å². The number of hydrogen-bond acceptors (Lipinski definition) is 29. The van der Waals surface area contributed by atoms with Crippen molar-refractivity contribution in [1.29, 1.82) is 0 Å². The van der Waals surface area contributed by atoms with Gasteiger partial charge < -0.3 is 148 Å². The number of aromatic hydroxyl groups is 3. The van der Waals surface area contributed by atoms with E-state index in [-0.39, 0.29) is 77.2 Å². The van der Waals surface area contributed by atoms with Gasteiger partial charge in [0.2, 0.25) is 53.4 Å². The van der Waals surface area contributed by atoms with Gasteiger partial charge in [0.1, 0.15) is 89.5 Å². The number of aliphatic hydroxyl groups is 6. The zero-order valence-electron chi connectivity index (χ0n) is 71.4. The average Bonchev–Trinajstić information content (AvgIpc) is 0.742. The number of likely N-dealkylation sites (N-methyl/N-ethyl adjacent to an activating group) is 1. The van der Waals surface area contributed by atoms with Crippen LogP contribution in [-0.2, 0) is 75.1 Å². The van der Waals surface area contributed by atoms with E-state index in [2.05, 4.69) is 61.7 Å². The van der Waals surface area contributed by atoms with Crippen LogP contribution in [-0.4, -0.2) is 222 Å². The number of carboxylic acid groups (broad SMARTS) is 1. The monoisotopic (exact) mass is 1810 g/mol. The third-order valence-corrected chi connectivity index (χ3v) is 24.3. The lowest BCUT2D eigenvalue weighted by atomic mass is 9.84. The Morgan fingerprint density at radius 3 is 1.89 bits per heavy atom. The number of primary amides is 1. The molecule has 3 fully saturated rings. The number of nitrogens with one attached hydrogen (secondary N) is 9. The zero-order chi connectivity index (χ0) is 92.3. The van der Waals surface area contributed by atoms with Crippen molar-refractivity contribution >= 4 is 70.5 Å². The predicted molar refractivity (Wildman–Crippen MR) is 456 cm³/mol. The van der Waals surface area contributed by atoms with Crippen LogP contribution in [0.4, 0.5) is 0 Å². The molecule has 3 saturated heterocycles. The summed E-state index contributed by atoms with van der Waals surface area (Å²) in [6.45, 7) is 15.3. The molecule has 14 rings (SSSR count). The van der Waals surface area contributed by atoms with Crippen LogP contribution in [0.15, 0.2) is 97.1 Å². The predicted octanol–water partition coefficient (Wildman–Crippen LogP) is 4.19. The molecule has 0 saturated carbocycles. The van der Waals surface area contributed by atoms with Crippen molar-refractivity contribution in [3.63, 3.8) is 0 Å². The molecule has 39 heteroatoms. The topological polar surface area (TPSA) is 573 Å². The first-order valence-corrected chi connectivity index (χ1v) is 42.7. The summed E-state index contributed by atoms with van der Waals surface area (Å²) in [7, 11) is 1.48. The van der Waals surface area contributed by atoms with Crippen LogP contribution in [0, 0.1) is 5.92 Å². The molecule has 127 heavy (non-hydrogen) atoms. The molecule has 8 aliphatic heterocycles. The highest BCUT2D eigenvalue weighted by Gasteiger charge is 2.53. The lowest BCUT2D eigenvalue weighted by Gasteiger charge is -2.48. The summed E-state index contributed by atoms with van der Waals surface area (Å²) in [5.74, 6) is -15.7. The minimum absolute atomic E-state index is 0.118.